The predicted molar refractivity (Wildman–Crippen MR) is 205 cm³/mol. The molecule has 0 saturated heterocycles. The number of thioether (sulfide) groups is 1. The molecule has 2 bridgehead atoms. The van der Waals surface area contributed by atoms with E-state index in [0.29, 0.717) is 23.6 Å². The lowest BCUT2D eigenvalue weighted by Crippen LogP contribution is -2.58. The molecule has 3 aromatic rings. The summed E-state index contributed by atoms with van der Waals surface area (Å²) in [6.07, 6.45) is 5.77. The largest absolute Gasteiger partial charge is 0.349 e. The van der Waals surface area contributed by atoms with Crippen LogP contribution in [-0.2, 0) is 36.9 Å². The minimum absolute atomic E-state index is 0.0162. The topological polar surface area (TPSA) is 209 Å². The van der Waals surface area contributed by atoms with Crippen molar-refractivity contribution in [3.63, 3.8) is 0 Å². The molecule has 18 heteroatoms. The Morgan fingerprint density at radius 3 is 2.30 bits per heavy atom. The van der Waals surface area contributed by atoms with Crippen molar-refractivity contribution in [3.8, 4) is 0 Å². The molecule has 1 aliphatic heterocycles. The Kier molecular flexibility index (Phi) is 16.0. The molecule has 292 valence electrons. The average Bonchev–Trinajstić information content (AvgIpc) is 3.86. The standard InChI is InChI=1S/C36H50N10O6S2/c1-6-26-33(50)42-27(13-15-53-5)34(51)40-25(16-24-10-8-7-9-11-24)17-46(30(48)12-14-45-20-37-38-21-45)18-29(47)44-31(22(2)3)36-43-28(19-54-36)35(52)39-23(4)32(49)41-26/h7-11,19-23,25-27,31H,6,12-18H2,1-5H3,(H,39,52)(H,40,51)(H,41,49)(H,42,50)(H,44,47)/t23-,25+,26+,27+,31+/m1/s1. The summed E-state index contributed by atoms with van der Waals surface area (Å²) < 4.78 is 1.66. The van der Waals surface area contributed by atoms with Gasteiger partial charge in [-0.05, 0) is 49.7 Å². The lowest BCUT2D eigenvalue weighted by molar-refractivity contribution is -0.137. The number of nitrogens with zero attached hydrogens (tertiary/aromatic N) is 5. The van der Waals surface area contributed by atoms with E-state index < -0.39 is 59.7 Å². The van der Waals surface area contributed by atoms with Crippen LogP contribution in [0.15, 0.2) is 48.4 Å². The molecule has 0 radical (unpaired) electrons. The number of aryl methyl sites for hydroxylation is 1. The van der Waals surface area contributed by atoms with Crippen LogP contribution in [-0.4, -0.2) is 109 Å². The maximum Gasteiger partial charge on any atom is 0.271 e. The molecule has 3 heterocycles. The number of hydrogen-bond donors (Lipinski definition) is 5. The van der Waals surface area contributed by atoms with E-state index in [4.69, 9.17) is 0 Å². The number of rotatable bonds is 10. The summed E-state index contributed by atoms with van der Waals surface area (Å²) in [5, 5.41) is 23.9. The van der Waals surface area contributed by atoms with E-state index in [2.05, 4.69) is 41.8 Å². The number of aromatic nitrogens is 4. The van der Waals surface area contributed by atoms with Gasteiger partial charge in [-0.15, -0.1) is 21.5 Å². The first-order valence-corrected chi connectivity index (χ1v) is 20.3. The summed E-state index contributed by atoms with van der Waals surface area (Å²) >= 11 is 2.70. The highest BCUT2D eigenvalue weighted by molar-refractivity contribution is 7.98. The van der Waals surface area contributed by atoms with E-state index in [-0.39, 0.29) is 50.0 Å². The van der Waals surface area contributed by atoms with Crippen molar-refractivity contribution in [2.45, 2.75) is 90.1 Å². The summed E-state index contributed by atoms with van der Waals surface area (Å²) in [6.45, 7) is 6.97. The minimum atomic E-state index is -1.01. The fourth-order valence-electron chi connectivity index (χ4n) is 5.81. The molecule has 54 heavy (non-hydrogen) atoms. The molecule has 6 amide bonds. The summed E-state index contributed by atoms with van der Waals surface area (Å²) in [5.41, 5.74) is 0.964. The number of carbonyl (C=O) groups excluding carboxylic acids is 6. The van der Waals surface area contributed by atoms with Gasteiger partial charge in [0.1, 0.15) is 41.5 Å². The zero-order chi connectivity index (χ0) is 39.2. The fraction of sp³-hybridized carbons (Fsp3) is 0.528. The van der Waals surface area contributed by atoms with Gasteiger partial charge in [0.2, 0.25) is 29.5 Å². The number of hydrogen-bond acceptors (Lipinski definition) is 11. The van der Waals surface area contributed by atoms with Crippen LogP contribution in [0.2, 0.25) is 0 Å². The number of thiazole rings is 1. The van der Waals surface area contributed by atoms with Crippen LogP contribution >= 0.6 is 23.1 Å². The molecule has 0 spiro atoms. The molecular weight excluding hydrogens is 733 g/mol. The minimum Gasteiger partial charge on any atom is -0.349 e. The Morgan fingerprint density at radius 1 is 0.944 bits per heavy atom. The first kappa shape index (κ1) is 41.9. The number of nitrogens with one attached hydrogen (secondary N) is 5. The van der Waals surface area contributed by atoms with Crippen molar-refractivity contribution in [1.82, 2.24) is 51.2 Å². The van der Waals surface area contributed by atoms with Crippen LogP contribution in [0.5, 0.6) is 0 Å². The van der Waals surface area contributed by atoms with Crippen molar-refractivity contribution in [1.29, 1.82) is 0 Å². The van der Waals surface area contributed by atoms with Crippen LogP contribution in [0.25, 0.3) is 0 Å². The predicted octanol–water partition coefficient (Wildman–Crippen LogP) is 1.46. The maximum absolute atomic E-state index is 14.1. The molecule has 5 atom stereocenters. The molecule has 1 aliphatic rings. The second kappa shape index (κ2) is 20.6. The molecule has 4 rings (SSSR count). The Morgan fingerprint density at radius 2 is 1.63 bits per heavy atom. The normalized spacial score (nSPS) is 22.4. The second-order valence-corrected chi connectivity index (χ2v) is 15.4. The average molecular weight is 783 g/mol. The van der Waals surface area contributed by atoms with Gasteiger partial charge in [-0.3, -0.25) is 28.8 Å². The molecule has 0 unspecified atom stereocenters. The first-order chi connectivity index (χ1) is 25.9. The third kappa shape index (κ3) is 12.4. The first-order valence-electron chi connectivity index (χ1n) is 18.0. The smallest absolute Gasteiger partial charge is 0.271 e. The molecule has 0 aliphatic carbocycles. The zero-order valence-electron chi connectivity index (χ0n) is 31.2. The number of fused-ring (bicyclic) bond motifs is 2. The van der Waals surface area contributed by atoms with Gasteiger partial charge in [-0.1, -0.05) is 51.1 Å². The third-order valence-corrected chi connectivity index (χ3v) is 10.5. The molecular formula is C36H50N10O6S2. The summed E-state index contributed by atoms with van der Waals surface area (Å²) in [5.74, 6) is -2.57. The number of amides is 6. The highest BCUT2D eigenvalue weighted by Crippen LogP contribution is 2.25. The van der Waals surface area contributed by atoms with Gasteiger partial charge in [-0.25, -0.2) is 4.98 Å². The van der Waals surface area contributed by atoms with Crippen molar-refractivity contribution < 1.29 is 28.8 Å². The van der Waals surface area contributed by atoms with Crippen LogP contribution in [0.4, 0.5) is 0 Å². The zero-order valence-corrected chi connectivity index (χ0v) is 32.9. The maximum atomic E-state index is 14.1. The summed E-state index contributed by atoms with van der Waals surface area (Å²) in [7, 11) is 0. The number of benzene rings is 1. The Labute approximate surface area is 323 Å². The molecule has 0 saturated carbocycles. The SMILES string of the molecule is CC[C@@H]1NC(=O)[C@@H](C)NC(=O)c2csc(n2)[C@H](C(C)C)NC(=O)CN(C(=O)CCn2cnnc2)C[C@H](Cc2ccccc2)NC(=O)[C@H](CCSC)NC1=O. The second-order valence-electron chi connectivity index (χ2n) is 13.5. The summed E-state index contributed by atoms with van der Waals surface area (Å²) in [4.78, 5) is 87.6. The van der Waals surface area contributed by atoms with Gasteiger partial charge < -0.3 is 36.1 Å². The molecule has 1 aromatic carbocycles. The Hall–Kier alpha value is -4.84. The van der Waals surface area contributed by atoms with Crippen LogP contribution in [0.3, 0.4) is 0 Å². The van der Waals surface area contributed by atoms with Gasteiger partial charge in [-0.2, -0.15) is 11.8 Å². The van der Waals surface area contributed by atoms with Gasteiger partial charge in [0.25, 0.3) is 5.91 Å². The van der Waals surface area contributed by atoms with E-state index in [1.807, 2.05) is 50.4 Å². The van der Waals surface area contributed by atoms with E-state index in [1.165, 1.54) is 47.6 Å². The molecule has 0 fully saturated rings. The summed E-state index contributed by atoms with van der Waals surface area (Å²) in [6, 6.07) is 5.25. The van der Waals surface area contributed by atoms with E-state index in [1.54, 1.807) is 16.9 Å². The van der Waals surface area contributed by atoms with Gasteiger partial charge in [0.15, 0.2) is 0 Å². The lowest BCUT2D eigenvalue weighted by atomic mass is 10.0. The van der Waals surface area contributed by atoms with Gasteiger partial charge >= 0.3 is 0 Å². The third-order valence-electron chi connectivity index (χ3n) is 8.88. The van der Waals surface area contributed by atoms with E-state index >= 15 is 0 Å². The fourth-order valence-corrected chi connectivity index (χ4v) is 7.30. The van der Waals surface area contributed by atoms with E-state index in [0.717, 1.165) is 5.56 Å². The van der Waals surface area contributed by atoms with Gasteiger partial charge in [0, 0.05) is 24.9 Å². The van der Waals surface area contributed by atoms with Crippen molar-refractivity contribution in [3.05, 3.63) is 64.6 Å². The van der Waals surface area contributed by atoms with Crippen molar-refractivity contribution in [2.24, 2.45) is 5.92 Å². The van der Waals surface area contributed by atoms with Gasteiger partial charge in [0.05, 0.1) is 18.6 Å². The molecule has 2 aromatic heterocycles. The monoisotopic (exact) mass is 782 g/mol. The van der Waals surface area contributed by atoms with Crippen LogP contribution < -0.4 is 26.6 Å². The highest BCUT2D eigenvalue weighted by Gasteiger charge is 2.31. The molecule has 5 N–H and O–H groups in total. The number of carbonyl (C=O) groups is 6. The Balaban J connectivity index is 1.72. The quantitative estimate of drug-likeness (QED) is 0.200. The van der Waals surface area contributed by atoms with Crippen molar-refractivity contribution in [2.75, 3.05) is 25.1 Å². The highest BCUT2D eigenvalue weighted by atomic mass is 32.2. The van der Waals surface area contributed by atoms with Crippen molar-refractivity contribution >= 4 is 58.5 Å². The lowest BCUT2D eigenvalue weighted by Gasteiger charge is -2.31. The van der Waals surface area contributed by atoms with Crippen LogP contribution in [0, 0.1) is 5.92 Å². The van der Waals surface area contributed by atoms with E-state index in [9.17, 15) is 28.8 Å². The molecule has 16 nitrogen and oxygen atoms in total. The Bertz CT molecular complexity index is 1720. The van der Waals surface area contributed by atoms with Crippen LogP contribution in [0.1, 0.15) is 74.1 Å².